The number of esters is 1. The highest BCUT2D eigenvalue weighted by Gasteiger charge is 2.42. The van der Waals surface area contributed by atoms with Crippen LogP contribution in [-0.4, -0.2) is 59.4 Å². The molecule has 2 aromatic carbocycles. The van der Waals surface area contributed by atoms with Crippen LogP contribution in [0.25, 0.3) is 22.3 Å². The van der Waals surface area contributed by atoms with Crippen LogP contribution in [0.4, 0.5) is 23.8 Å². The van der Waals surface area contributed by atoms with Gasteiger partial charge in [-0.25, -0.2) is 14.6 Å². The zero-order valence-corrected chi connectivity index (χ0v) is 29.3. The van der Waals surface area contributed by atoms with E-state index >= 15 is 0 Å². The summed E-state index contributed by atoms with van der Waals surface area (Å²) in [7, 11) is 3.42. The molecule has 2 saturated heterocycles. The number of ether oxygens (including phenoxy) is 3. The summed E-state index contributed by atoms with van der Waals surface area (Å²) in [4.78, 5) is 35.0. The van der Waals surface area contributed by atoms with Gasteiger partial charge >= 0.3 is 18.2 Å². The Labute approximate surface area is 289 Å². The van der Waals surface area contributed by atoms with E-state index in [1.807, 2.05) is 55.8 Å². The minimum absolute atomic E-state index is 0.0508. The number of anilines is 1. The van der Waals surface area contributed by atoms with E-state index in [4.69, 9.17) is 19.2 Å². The van der Waals surface area contributed by atoms with Crippen LogP contribution in [0.1, 0.15) is 70.5 Å². The quantitative estimate of drug-likeness (QED) is 0.164. The minimum atomic E-state index is -4.53. The van der Waals surface area contributed by atoms with Gasteiger partial charge in [0.05, 0.1) is 37.6 Å². The summed E-state index contributed by atoms with van der Waals surface area (Å²) in [6.45, 7) is 11.0. The van der Waals surface area contributed by atoms with Gasteiger partial charge in [-0.05, 0) is 94.1 Å². The predicted octanol–water partition coefficient (Wildman–Crippen LogP) is 8.18. The Morgan fingerprint density at radius 3 is 2.42 bits per heavy atom. The molecule has 2 atom stereocenters. The van der Waals surface area contributed by atoms with Crippen molar-refractivity contribution in [3.8, 4) is 28.0 Å². The highest BCUT2D eigenvalue weighted by Crippen LogP contribution is 2.42. The molecule has 1 amide bonds. The van der Waals surface area contributed by atoms with Crippen molar-refractivity contribution in [3.63, 3.8) is 0 Å². The lowest BCUT2D eigenvalue weighted by atomic mass is 9.94. The smallest absolute Gasteiger partial charge is 0.416 e. The molecule has 264 valence electrons. The maximum atomic E-state index is 13.7. The van der Waals surface area contributed by atoms with Crippen LogP contribution in [0, 0.1) is 20.8 Å². The van der Waals surface area contributed by atoms with Crippen molar-refractivity contribution < 1.29 is 37.0 Å². The minimum Gasteiger partial charge on any atom is -0.496 e. The normalized spacial score (nSPS) is 17.5. The number of alkyl halides is 3. The van der Waals surface area contributed by atoms with Gasteiger partial charge in [-0.3, -0.25) is 4.90 Å². The van der Waals surface area contributed by atoms with Crippen LogP contribution < -0.4 is 9.64 Å². The second kappa shape index (κ2) is 13.4. The number of hydrogen-bond donors (Lipinski definition) is 0. The fraction of sp³-hybridized carbons (Fsp3) is 0.395. The monoisotopic (exact) mass is 690 g/mol. The van der Waals surface area contributed by atoms with Crippen LogP contribution in [0.2, 0.25) is 0 Å². The molecule has 0 radical (unpaired) electrons. The molecule has 2 aliphatic heterocycles. The van der Waals surface area contributed by atoms with Gasteiger partial charge in [-0.15, -0.1) is 0 Å². The number of carbonyl (C=O) groups excluding carboxylic acids is 2. The Morgan fingerprint density at radius 1 is 1.04 bits per heavy atom. The van der Waals surface area contributed by atoms with E-state index in [-0.39, 0.29) is 18.7 Å². The number of methoxy groups -OCH3 is 1. The summed E-state index contributed by atoms with van der Waals surface area (Å²) in [5, 5.41) is 0. The van der Waals surface area contributed by atoms with Crippen LogP contribution in [0.5, 0.6) is 5.75 Å². The van der Waals surface area contributed by atoms with Crippen molar-refractivity contribution in [3.05, 3.63) is 87.9 Å². The Kier molecular flexibility index (Phi) is 9.32. The van der Waals surface area contributed by atoms with Gasteiger partial charge in [0.25, 0.3) is 0 Å². The second-order valence-corrected chi connectivity index (χ2v) is 12.9. The fourth-order valence-corrected chi connectivity index (χ4v) is 7.00. The van der Waals surface area contributed by atoms with Gasteiger partial charge in [0.15, 0.2) is 0 Å². The molecular weight excluding hydrogens is 649 g/mol. The van der Waals surface area contributed by atoms with Crippen LogP contribution in [-0.2, 0) is 29.2 Å². The number of rotatable bonds is 9. The second-order valence-electron chi connectivity index (χ2n) is 12.9. The molecule has 0 aliphatic carbocycles. The molecule has 6 rings (SSSR count). The van der Waals surface area contributed by atoms with Gasteiger partial charge < -0.3 is 23.7 Å². The molecule has 0 saturated carbocycles. The maximum absolute atomic E-state index is 13.7. The van der Waals surface area contributed by atoms with Crippen molar-refractivity contribution in [2.24, 2.45) is 7.05 Å². The molecule has 4 heterocycles. The highest BCUT2D eigenvalue weighted by atomic mass is 19.4. The molecule has 4 aromatic rings. The van der Waals surface area contributed by atoms with E-state index in [0.29, 0.717) is 22.7 Å². The van der Waals surface area contributed by atoms with E-state index in [2.05, 4.69) is 4.90 Å². The number of cyclic esters (lactones) is 1. The first-order chi connectivity index (χ1) is 23.7. The first kappa shape index (κ1) is 34.8. The molecule has 0 unspecified atom stereocenters. The molecule has 2 fully saturated rings. The standard InChI is InChI=1S/C38H41F3N4O5/c1-8-49-36(46)34-22(3)33(23(4)43(34)6)25-10-12-31(48-7)29(19-25)28-11-13-32(44-14-9-15-44)42-30(28)20-45-24(5)35(50-37(45)47)26-16-21(2)17-27(18-26)38(39,40)41/h10-13,16-19,24,35H,8-9,14-15,20H2,1-7H3/t24-,35-/m0/s1. The predicted molar refractivity (Wildman–Crippen MR) is 183 cm³/mol. The number of nitrogens with zero attached hydrogens (tertiary/aromatic N) is 4. The summed E-state index contributed by atoms with van der Waals surface area (Å²) < 4.78 is 59.8. The van der Waals surface area contributed by atoms with E-state index < -0.39 is 35.9 Å². The van der Waals surface area contributed by atoms with Gasteiger partial charge in [0.2, 0.25) is 0 Å². The Balaban J connectivity index is 1.42. The van der Waals surface area contributed by atoms with E-state index in [9.17, 15) is 22.8 Å². The largest absolute Gasteiger partial charge is 0.496 e. The Hall–Kier alpha value is -5.00. The molecule has 2 aliphatic rings. The molecule has 12 heteroatoms. The number of pyridine rings is 1. The molecule has 9 nitrogen and oxygen atoms in total. The third-order valence-electron chi connectivity index (χ3n) is 9.78. The molecule has 50 heavy (non-hydrogen) atoms. The maximum Gasteiger partial charge on any atom is 0.416 e. The van der Waals surface area contributed by atoms with Gasteiger partial charge in [0, 0.05) is 42.5 Å². The van der Waals surface area contributed by atoms with Crippen LogP contribution >= 0.6 is 0 Å². The third kappa shape index (κ3) is 6.27. The lowest BCUT2D eigenvalue weighted by molar-refractivity contribution is -0.137. The zero-order valence-electron chi connectivity index (χ0n) is 29.3. The Morgan fingerprint density at radius 2 is 1.78 bits per heavy atom. The number of benzene rings is 2. The highest BCUT2D eigenvalue weighted by molar-refractivity contribution is 5.94. The van der Waals surface area contributed by atoms with E-state index in [1.165, 1.54) is 4.90 Å². The van der Waals surface area contributed by atoms with Crippen molar-refractivity contribution in [2.75, 3.05) is 31.7 Å². The summed E-state index contributed by atoms with van der Waals surface area (Å²) in [6.07, 6.45) is -5.03. The third-order valence-corrected chi connectivity index (χ3v) is 9.78. The summed E-state index contributed by atoms with van der Waals surface area (Å²) in [5.41, 5.74) is 5.86. The lowest BCUT2D eigenvalue weighted by Crippen LogP contribution is -2.38. The number of halogens is 3. The van der Waals surface area contributed by atoms with Crippen LogP contribution in [0.3, 0.4) is 0 Å². The number of carbonyl (C=O) groups is 2. The average molecular weight is 691 g/mol. The molecule has 0 N–H and O–H groups in total. The molecule has 0 spiro atoms. The zero-order chi connectivity index (χ0) is 36.1. The van der Waals surface area contributed by atoms with Crippen molar-refractivity contribution in [1.29, 1.82) is 0 Å². The molecular formula is C38H41F3N4O5. The van der Waals surface area contributed by atoms with Crippen molar-refractivity contribution >= 4 is 17.9 Å². The van der Waals surface area contributed by atoms with Gasteiger partial charge in [-0.2, -0.15) is 13.2 Å². The Bertz CT molecular complexity index is 1970. The van der Waals surface area contributed by atoms with Gasteiger partial charge in [0.1, 0.15) is 23.4 Å². The number of hydrogen-bond acceptors (Lipinski definition) is 7. The first-order valence-electron chi connectivity index (χ1n) is 16.7. The number of aromatic nitrogens is 2. The summed E-state index contributed by atoms with van der Waals surface area (Å²) in [6, 6.07) is 12.9. The van der Waals surface area contributed by atoms with E-state index in [1.54, 1.807) is 33.9 Å². The molecule has 2 aromatic heterocycles. The first-order valence-corrected chi connectivity index (χ1v) is 16.7. The lowest BCUT2D eigenvalue weighted by Gasteiger charge is -2.33. The fourth-order valence-electron chi connectivity index (χ4n) is 7.00. The SMILES string of the molecule is CCOC(=O)c1c(C)c(-c2ccc(OC)c(-c3ccc(N4CCC4)nc3CN3C(=O)O[C@H](c4cc(C)cc(C(F)(F)F)c4)[C@@H]3C)c2)c(C)n1C. The number of amides is 1. The summed E-state index contributed by atoms with van der Waals surface area (Å²) >= 11 is 0. The van der Waals surface area contributed by atoms with Crippen molar-refractivity contribution in [2.45, 2.75) is 65.9 Å². The number of aryl methyl sites for hydroxylation is 1. The topological polar surface area (TPSA) is 86.1 Å². The van der Waals surface area contributed by atoms with Crippen molar-refractivity contribution in [1.82, 2.24) is 14.5 Å². The van der Waals surface area contributed by atoms with Crippen LogP contribution in [0.15, 0.2) is 48.5 Å². The van der Waals surface area contributed by atoms with E-state index in [0.717, 1.165) is 71.0 Å². The molecule has 0 bridgehead atoms. The summed E-state index contributed by atoms with van der Waals surface area (Å²) in [5.74, 6) is 0.956. The van der Waals surface area contributed by atoms with Gasteiger partial charge in [-0.1, -0.05) is 17.7 Å². The average Bonchev–Trinajstić information content (AvgIpc) is 3.44.